The molecule has 0 spiro atoms. The first-order chi connectivity index (χ1) is 7.68. The lowest BCUT2D eigenvalue weighted by Gasteiger charge is -2.25. The van der Waals surface area contributed by atoms with Gasteiger partial charge in [0.1, 0.15) is 5.75 Å². The van der Waals surface area contributed by atoms with Crippen LogP contribution in [0.5, 0.6) is 5.75 Å². The fourth-order valence-corrected chi connectivity index (χ4v) is 2.58. The Morgan fingerprint density at radius 3 is 2.62 bits per heavy atom. The van der Waals surface area contributed by atoms with E-state index >= 15 is 0 Å². The third-order valence-electron chi connectivity index (χ3n) is 3.59. The minimum atomic E-state index is 0.498. The number of hydrogen-bond donors (Lipinski definition) is 0. The van der Waals surface area contributed by atoms with Gasteiger partial charge in [-0.1, -0.05) is 31.2 Å². The normalized spacial score (nSPS) is 18.6. The lowest BCUT2D eigenvalue weighted by molar-refractivity contribution is 0.288. The molecule has 82 valence electrons. The monoisotopic (exact) mass is 212 g/mol. The molecule has 16 heavy (non-hydrogen) atoms. The molecule has 0 radical (unpaired) electrons. The molecular formula is C15H16O. The first kappa shape index (κ1) is 9.71. The van der Waals surface area contributed by atoms with Crippen LogP contribution < -0.4 is 4.74 Å². The first-order valence-corrected chi connectivity index (χ1v) is 5.84. The van der Waals surface area contributed by atoms with E-state index in [2.05, 4.69) is 45.0 Å². The summed E-state index contributed by atoms with van der Waals surface area (Å²) < 4.78 is 5.89. The lowest BCUT2D eigenvalue weighted by atomic mass is 9.89. The summed E-state index contributed by atoms with van der Waals surface area (Å²) in [4.78, 5) is 0. The highest BCUT2D eigenvalue weighted by Gasteiger charge is 2.21. The van der Waals surface area contributed by atoms with Crippen molar-refractivity contribution in [3.8, 4) is 5.75 Å². The van der Waals surface area contributed by atoms with Gasteiger partial charge in [-0.05, 0) is 35.9 Å². The van der Waals surface area contributed by atoms with Crippen molar-refractivity contribution in [2.75, 3.05) is 6.61 Å². The molecule has 2 aromatic rings. The SMILES string of the molecule is Cc1ccc2c(C)ccc3c2c1OCC3C. The van der Waals surface area contributed by atoms with Crippen LogP contribution in [-0.4, -0.2) is 6.61 Å². The lowest BCUT2D eigenvalue weighted by Crippen LogP contribution is -2.14. The van der Waals surface area contributed by atoms with E-state index in [1.807, 2.05) is 0 Å². The second kappa shape index (κ2) is 3.24. The minimum absolute atomic E-state index is 0.498. The molecule has 0 amide bonds. The molecule has 3 rings (SSSR count). The first-order valence-electron chi connectivity index (χ1n) is 5.84. The number of ether oxygens (including phenoxy) is 1. The predicted octanol–water partition coefficient (Wildman–Crippen LogP) is 3.95. The summed E-state index contributed by atoms with van der Waals surface area (Å²) in [6.07, 6.45) is 0. The van der Waals surface area contributed by atoms with Crippen molar-refractivity contribution in [3.05, 3.63) is 41.0 Å². The van der Waals surface area contributed by atoms with E-state index in [4.69, 9.17) is 4.74 Å². The van der Waals surface area contributed by atoms with Crippen molar-refractivity contribution in [3.63, 3.8) is 0 Å². The Hall–Kier alpha value is -1.50. The summed E-state index contributed by atoms with van der Waals surface area (Å²) in [6, 6.07) is 8.85. The van der Waals surface area contributed by atoms with Crippen LogP contribution in [0.4, 0.5) is 0 Å². The van der Waals surface area contributed by atoms with Crippen LogP contribution >= 0.6 is 0 Å². The molecule has 1 nitrogen and oxygen atoms in total. The second-order valence-electron chi connectivity index (χ2n) is 4.82. The van der Waals surface area contributed by atoms with Crippen LogP contribution in [0.2, 0.25) is 0 Å². The molecule has 0 bridgehead atoms. The van der Waals surface area contributed by atoms with Gasteiger partial charge in [0.2, 0.25) is 0 Å². The largest absolute Gasteiger partial charge is 0.492 e. The Kier molecular flexibility index (Phi) is 1.97. The van der Waals surface area contributed by atoms with Crippen LogP contribution in [0.25, 0.3) is 10.8 Å². The Morgan fingerprint density at radius 2 is 1.81 bits per heavy atom. The average Bonchev–Trinajstić information content (AvgIpc) is 2.27. The zero-order valence-corrected chi connectivity index (χ0v) is 10.0. The van der Waals surface area contributed by atoms with E-state index in [0.29, 0.717) is 5.92 Å². The summed E-state index contributed by atoms with van der Waals surface area (Å²) >= 11 is 0. The minimum Gasteiger partial charge on any atom is -0.492 e. The van der Waals surface area contributed by atoms with Gasteiger partial charge in [0.15, 0.2) is 0 Å². The van der Waals surface area contributed by atoms with Crippen LogP contribution in [0.15, 0.2) is 24.3 Å². The molecule has 0 saturated carbocycles. The maximum absolute atomic E-state index is 5.89. The van der Waals surface area contributed by atoms with E-state index in [1.54, 1.807) is 0 Å². The molecule has 1 heteroatoms. The van der Waals surface area contributed by atoms with Gasteiger partial charge in [-0.25, -0.2) is 0 Å². The zero-order valence-electron chi connectivity index (χ0n) is 10.0. The van der Waals surface area contributed by atoms with Gasteiger partial charge in [0.05, 0.1) is 6.61 Å². The van der Waals surface area contributed by atoms with E-state index in [0.717, 1.165) is 12.4 Å². The topological polar surface area (TPSA) is 9.23 Å². The molecule has 0 saturated heterocycles. The highest BCUT2D eigenvalue weighted by Crippen LogP contribution is 2.40. The van der Waals surface area contributed by atoms with Gasteiger partial charge in [0, 0.05) is 11.3 Å². The zero-order chi connectivity index (χ0) is 11.3. The van der Waals surface area contributed by atoms with Gasteiger partial charge in [-0.15, -0.1) is 0 Å². The fraction of sp³-hybridized carbons (Fsp3) is 0.333. The number of rotatable bonds is 0. The van der Waals surface area contributed by atoms with E-state index in [1.165, 1.54) is 27.5 Å². The third-order valence-corrected chi connectivity index (χ3v) is 3.59. The molecule has 2 aromatic carbocycles. The maximum Gasteiger partial charge on any atom is 0.130 e. The number of aryl methyl sites for hydroxylation is 2. The van der Waals surface area contributed by atoms with E-state index in [-0.39, 0.29) is 0 Å². The molecule has 0 aromatic heterocycles. The Morgan fingerprint density at radius 1 is 1.06 bits per heavy atom. The second-order valence-corrected chi connectivity index (χ2v) is 4.82. The van der Waals surface area contributed by atoms with Crippen molar-refractivity contribution >= 4 is 10.8 Å². The van der Waals surface area contributed by atoms with Gasteiger partial charge in [-0.3, -0.25) is 0 Å². The standard InChI is InChI=1S/C15H16O/c1-9-4-6-13-11(3)8-16-15-10(2)5-7-12(9)14(13)15/h4-7,11H,8H2,1-3H3. The summed E-state index contributed by atoms with van der Waals surface area (Å²) in [5.41, 5.74) is 4.01. The number of benzene rings is 2. The summed E-state index contributed by atoms with van der Waals surface area (Å²) in [5.74, 6) is 1.59. The quantitative estimate of drug-likeness (QED) is 0.642. The molecule has 1 atom stereocenters. The summed E-state index contributed by atoms with van der Waals surface area (Å²) in [7, 11) is 0. The predicted molar refractivity (Wildman–Crippen MR) is 67.3 cm³/mol. The summed E-state index contributed by atoms with van der Waals surface area (Å²) in [6.45, 7) is 7.32. The fourth-order valence-electron chi connectivity index (χ4n) is 2.58. The van der Waals surface area contributed by atoms with E-state index < -0.39 is 0 Å². The molecule has 0 N–H and O–H groups in total. The van der Waals surface area contributed by atoms with Crippen molar-refractivity contribution in [1.29, 1.82) is 0 Å². The molecule has 1 unspecified atom stereocenters. The van der Waals surface area contributed by atoms with E-state index in [9.17, 15) is 0 Å². The Bertz CT molecular complexity index is 569. The highest BCUT2D eigenvalue weighted by molar-refractivity contribution is 5.95. The van der Waals surface area contributed by atoms with Crippen molar-refractivity contribution in [1.82, 2.24) is 0 Å². The van der Waals surface area contributed by atoms with Crippen LogP contribution in [0, 0.1) is 13.8 Å². The van der Waals surface area contributed by atoms with Gasteiger partial charge < -0.3 is 4.74 Å². The van der Waals surface area contributed by atoms with Crippen LogP contribution in [0.1, 0.15) is 29.5 Å². The molecular weight excluding hydrogens is 196 g/mol. The van der Waals surface area contributed by atoms with Gasteiger partial charge in [0.25, 0.3) is 0 Å². The van der Waals surface area contributed by atoms with Crippen LogP contribution in [0.3, 0.4) is 0 Å². The third kappa shape index (κ3) is 1.18. The molecule has 0 fully saturated rings. The highest BCUT2D eigenvalue weighted by atomic mass is 16.5. The summed E-state index contributed by atoms with van der Waals surface area (Å²) in [5, 5.41) is 2.67. The van der Waals surface area contributed by atoms with Crippen molar-refractivity contribution < 1.29 is 4.74 Å². The van der Waals surface area contributed by atoms with Crippen LogP contribution in [-0.2, 0) is 0 Å². The Balaban J connectivity index is 2.50. The number of hydrogen-bond acceptors (Lipinski definition) is 1. The van der Waals surface area contributed by atoms with Gasteiger partial charge >= 0.3 is 0 Å². The smallest absolute Gasteiger partial charge is 0.130 e. The Labute approximate surface area is 96.0 Å². The van der Waals surface area contributed by atoms with Crippen molar-refractivity contribution in [2.24, 2.45) is 0 Å². The maximum atomic E-state index is 5.89. The van der Waals surface area contributed by atoms with Crippen molar-refractivity contribution in [2.45, 2.75) is 26.7 Å². The molecule has 0 aliphatic carbocycles. The molecule has 1 aliphatic heterocycles. The molecule has 1 heterocycles. The average molecular weight is 212 g/mol. The molecule has 1 aliphatic rings. The van der Waals surface area contributed by atoms with Gasteiger partial charge in [-0.2, -0.15) is 0 Å².